The van der Waals surface area contributed by atoms with Gasteiger partial charge in [0.15, 0.2) is 0 Å². The summed E-state index contributed by atoms with van der Waals surface area (Å²) in [6.07, 6.45) is -0.697. The van der Waals surface area contributed by atoms with Crippen LogP contribution in [0, 0.1) is 0 Å². The first-order valence-corrected chi connectivity index (χ1v) is 8.46. The lowest BCUT2D eigenvalue weighted by molar-refractivity contribution is 1.75. The smallest absolute Gasteiger partial charge is 0.0501 e. The fourth-order valence-electron chi connectivity index (χ4n) is 4.51. The molecule has 0 saturated carbocycles. The Balaban J connectivity index is 2.06. The number of hydrogen-bond acceptors (Lipinski definition) is 0. The van der Waals surface area contributed by atoms with Crippen molar-refractivity contribution in [2.24, 2.45) is 0 Å². The van der Waals surface area contributed by atoms with Crippen LogP contribution in [0.4, 0.5) is 0 Å². The number of benzene rings is 4. The van der Waals surface area contributed by atoms with Gasteiger partial charge in [0.2, 0.25) is 0 Å². The molecule has 4 aromatic carbocycles. The molecular formula is C22H18B-. The SMILES string of the molecule is C[B-]1(C)c2ccc3ccccc3c2-c2c1ccc1ccccc21. The third-order valence-electron chi connectivity index (χ3n) is 5.73. The van der Waals surface area contributed by atoms with Gasteiger partial charge in [-0.3, -0.25) is 0 Å². The molecule has 0 radical (unpaired) electrons. The van der Waals surface area contributed by atoms with E-state index in [1.807, 2.05) is 0 Å². The van der Waals surface area contributed by atoms with Crippen LogP contribution in [-0.4, -0.2) is 6.15 Å². The van der Waals surface area contributed by atoms with Gasteiger partial charge in [-0.2, -0.15) is 24.6 Å². The van der Waals surface area contributed by atoms with Crippen LogP contribution in [0.3, 0.4) is 0 Å². The minimum atomic E-state index is -0.697. The molecule has 5 rings (SSSR count). The molecule has 1 aliphatic rings. The van der Waals surface area contributed by atoms with Crippen molar-refractivity contribution in [3.05, 3.63) is 72.8 Å². The quantitative estimate of drug-likeness (QED) is 0.409. The maximum Gasteiger partial charge on any atom is 0.0501 e. The molecule has 0 amide bonds. The predicted octanol–water partition coefficient (Wildman–Crippen LogP) is 4.80. The lowest BCUT2D eigenvalue weighted by Gasteiger charge is -2.28. The Morgan fingerprint density at radius 2 is 0.957 bits per heavy atom. The van der Waals surface area contributed by atoms with Crippen LogP contribution in [0.15, 0.2) is 72.8 Å². The van der Waals surface area contributed by atoms with Crippen LogP contribution in [0.25, 0.3) is 32.7 Å². The van der Waals surface area contributed by atoms with Crippen molar-refractivity contribution < 1.29 is 0 Å². The molecule has 1 aliphatic heterocycles. The van der Waals surface area contributed by atoms with Gasteiger partial charge in [-0.1, -0.05) is 72.8 Å². The largest absolute Gasteiger partial charge is 0.197 e. The number of rotatable bonds is 0. The molecule has 0 nitrogen and oxygen atoms in total. The van der Waals surface area contributed by atoms with E-state index in [1.165, 1.54) is 43.6 Å². The molecule has 0 aromatic heterocycles. The van der Waals surface area contributed by atoms with E-state index in [-0.39, 0.29) is 0 Å². The summed E-state index contributed by atoms with van der Waals surface area (Å²) < 4.78 is 0. The Kier molecular flexibility index (Phi) is 2.40. The van der Waals surface area contributed by atoms with Gasteiger partial charge < -0.3 is 0 Å². The second kappa shape index (κ2) is 4.26. The molecular weight excluding hydrogens is 275 g/mol. The second-order valence-corrected chi connectivity index (χ2v) is 7.38. The van der Waals surface area contributed by atoms with E-state index < -0.39 is 6.15 Å². The van der Waals surface area contributed by atoms with E-state index in [1.54, 1.807) is 0 Å². The maximum absolute atomic E-state index is 2.41. The molecule has 0 unspecified atom stereocenters. The van der Waals surface area contributed by atoms with Crippen molar-refractivity contribution in [1.29, 1.82) is 0 Å². The van der Waals surface area contributed by atoms with Crippen LogP contribution < -0.4 is 10.9 Å². The minimum absolute atomic E-state index is 0.697. The minimum Gasteiger partial charge on any atom is -0.197 e. The molecule has 0 fully saturated rings. The van der Waals surface area contributed by atoms with Crippen molar-refractivity contribution in [3.8, 4) is 11.1 Å². The summed E-state index contributed by atoms with van der Waals surface area (Å²) in [7, 11) is 0. The molecule has 0 N–H and O–H groups in total. The average Bonchev–Trinajstić information content (AvgIpc) is 2.83. The molecule has 1 heteroatoms. The van der Waals surface area contributed by atoms with Crippen LogP contribution in [0.5, 0.6) is 0 Å². The summed E-state index contributed by atoms with van der Waals surface area (Å²) in [5.74, 6) is 0. The van der Waals surface area contributed by atoms with Crippen molar-refractivity contribution in [2.75, 3.05) is 0 Å². The van der Waals surface area contributed by atoms with E-state index in [9.17, 15) is 0 Å². The maximum atomic E-state index is 2.41. The van der Waals surface area contributed by atoms with Crippen LogP contribution in [0.2, 0.25) is 13.6 Å². The Hall–Kier alpha value is -2.54. The Morgan fingerprint density at radius 3 is 1.43 bits per heavy atom. The highest BCUT2D eigenvalue weighted by atomic mass is 14.2. The van der Waals surface area contributed by atoms with E-state index in [2.05, 4.69) is 86.4 Å². The standard InChI is InChI=1S/C22H18B/c1-23(2)19-13-11-15-7-3-5-9-17(15)21(19)22-18-10-6-4-8-16(18)12-14-20(22)23/h3-14H,1-2H3/q-1. The van der Waals surface area contributed by atoms with E-state index >= 15 is 0 Å². The summed E-state index contributed by atoms with van der Waals surface area (Å²) in [4.78, 5) is 0. The molecule has 23 heavy (non-hydrogen) atoms. The Morgan fingerprint density at radius 1 is 0.522 bits per heavy atom. The third-order valence-corrected chi connectivity index (χ3v) is 5.73. The zero-order valence-electron chi connectivity index (χ0n) is 13.5. The highest BCUT2D eigenvalue weighted by molar-refractivity contribution is 7.04. The van der Waals surface area contributed by atoms with Crippen molar-refractivity contribution in [3.63, 3.8) is 0 Å². The average molecular weight is 293 g/mol. The Labute approximate surface area is 136 Å². The molecule has 110 valence electrons. The van der Waals surface area contributed by atoms with Crippen molar-refractivity contribution >= 4 is 38.6 Å². The van der Waals surface area contributed by atoms with Crippen LogP contribution in [0.1, 0.15) is 0 Å². The van der Waals surface area contributed by atoms with E-state index in [4.69, 9.17) is 0 Å². The van der Waals surface area contributed by atoms with Gasteiger partial charge in [0.05, 0.1) is 6.15 Å². The van der Waals surface area contributed by atoms with Gasteiger partial charge in [-0.15, -0.1) is 0 Å². The molecule has 0 atom stereocenters. The summed E-state index contributed by atoms with van der Waals surface area (Å²) in [5.41, 5.74) is 5.94. The predicted molar refractivity (Wildman–Crippen MR) is 104 cm³/mol. The fraction of sp³-hybridized carbons (Fsp3) is 0.0909. The first-order chi connectivity index (χ1) is 11.2. The summed E-state index contributed by atoms with van der Waals surface area (Å²) >= 11 is 0. The monoisotopic (exact) mass is 293 g/mol. The first-order valence-electron chi connectivity index (χ1n) is 8.46. The fourth-order valence-corrected chi connectivity index (χ4v) is 4.51. The van der Waals surface area contributed by atoms with E-state index in [0.29, 0.717) is 0 Å². The van der Waals surface area contributed by atoms with Gasteiger partial charge in [0.1, 0.15) is 0 Å². The van der Waals surface area contributed by atoms with Gasteiger partial charge in [-0.05, 0) is 32.7 Å². The summed E-state index contributed by atoms with van der Waals surface area (Å²) in [5, 5.41) is 5.43. The molecule has 1 heterocycles. The molecule has 0 aliphatic carbocycles. The molecule has 0 spiro atoms. The number of fused-ring (bicyclic) bond motifs is 7. The zero-order valence-corrected chi connectivity index (χ0v) is 13.5. The normalized spacial score (nSPS) is 14.9. The van der Waals surface area contributed by atoms with Gasteiger partial charge in [0, 0.05) is 0 Å². The molecule has 0 bridgehead atoms. The van der Waals surface area contributed by atoms with E-state index in [0.717, 1.165) is 0 Å². The molecule has 0 saturated heterocycles. The highest BCUT2D eigenvalue weighted by Crippen LogP contribution is 2.38. The third kappa shape index (κ3) is 1.57. The van der Waals surface area contributed by atoms with Gasteiger partial charge in [0.25, 0.3) is 0 Å². The van der Waals surface area contributed by atoms with Crippen LogP contribution in [-0.2, 0) is 0 Å². The molecule has 4 aromatic rings. The number of hydrogen-bond donors (Lipinski definition) is 0. The Bertz CT molecular complexity index is 1000. The zero-order chi connectivity index (χ0) is 15.6. The topological polar surface area (TPSA) is 0 Å². The highest BCUT2D eigenvalue weighted by Gasteiger charge is 2.31. The lowest BCUT2D eigenvalue weighted by Crippen LogP contribution is -2.49. The van der Waals surface area contributed by atoms with Crippen molar-refractivity contribution in [1.82, 2.24) is 0 Å². The van der Waals surface area contributed by atoms with Gasteiger partial charge >= 0.3 is 0 Å². The van der Waals surface area contributed by atoms with Gasteiger partial charge in [-0.25, -0.2) is 0 Å². The van der Waals surface area contributed by atoms with Crippen LogP contribution >= 0.6 is 0 Å². The van der Waals surface area contributed by atoms with Crippen molar-refractivity contribution in [2.45, 2.75) is 13.6 Å². The summed E-state index contributed by atoms with van der Waals surface area (Å²) in [6.45, 7) is 4.82. The first kappa shape index (κ1) is 13.0. The second-order valence-electron chi connectivity index (χ2n) is 7.38. The summed E-state index contributed by atoms with van der Waals surface area (Å²) in [6, 6.07) is 26.8. The lowest BCUT2D eigenvalue weighted by atomic mass is 9.23.